The minimum absolute atomic E-state index is 0.0529. The Labute approximate surface area is 153 Å². The Morgan fingerprint density at radius 1 is 1.26 bits per heavy atom. The number of amides is 1. The summed E-state index contributed by atoms with van der Waals surface area (Å²) >= 11 is 0. The maximum atomic E-state index is 12.2. The van der Waals surface area contributed by atoms with Crippen LogP contribution in [0.4, 0.5) is 5.69 Å². The first-order valence-electron chi connectivity index (χ1n) is 7.85. The highest BCUT2D eigenvalue weighted by molar-refractivity contribution is 5.94. The summed E-state index contributed by atoms with van der Waals surface area (Å²) in [7, 11) is 1.55. The van der Waals surface area contributed by atoms with Crippen molar-refractivity contribution in [3.63, 3.8) is 0 Å². The second-order valence-electron chi connectivity index (χ2n) is 5.42. The molecule has 0 spiro atoms. The Bertz CT molecular complexity index is 1010. The van der Waals surface area contributed by atoms with Crippen molar-refractivity contribution in [2.24, 2.45) is 5.10 Å². The summed E-state index contributed by atoms with van der Waals surface area (Å²) in [5.41, 5.74) is 4.16. The number of rotatable bonds is 6. The number of hydrazone groups is 1. The average Bonchev–Trinajstić information content (AvgIpc) is 3.19. The molecular formula is C18H15N5O4. The number of hydrogen-bond acceptors (Lipinski definition) is 6. The van der Waals surface area contributed by atoms with Gasteiger partial charge in [-0.15, -0.1) is 0 Å². The molecule has 9 nitrogen and oxygen atoms in total. The van der Waals surface area contributed by atoms with E-state index in [1.54, 1.807) is 31.4 Å². The van der Waals surface area contributed by atoms with Crippen LogP contribution in [0.3, 0.4) is 0 Å². The molecule has 0 saturated heterocycles. The van der Waals surface area contributed by atoms with Crippen LogP contribution in [0.15, 0.2) is 59.7 Å². The highest BCUT2D eigenvalue weighted by Crippen LogP contribution is 2.22. The maximum absolute atomic E-state index is 12.2. The van der Waals surface area contributed by atoms with Crippen LogP contribution < -0.4 is 10.2 Å². The van der Waals surface area contributed by atoms with Crippen molar-refractivity contribution >= 4 is 17.8 Å². The second kappa shape index (κ2) is 7.91. The second-order valence-corrected chi connectivity index (χ2v) is 5.42. The normalized spacial score (nSPS) is 10.7. The molecule has 3 aromatic rings. The van der Waals surface area contributed by atoms with Gasteiger partial charge in [-0.1, -0.05) is 24.3 Å². The number of benzene rings is 2. The van der Waals surface area contributed by atoms with Crippen molar-refractivity contribution < 1.29 is 14.5 Å². The van der Waals surface area contributed by atoms with Crippen molar-refractivity contribution in [3.05, 3.63) is 76.0 Å². The summed E-state index contributed by atoms with van der Waals surface area (Å²) in [4.78, 5) is 22.6. The van der Waals surface area contributed by atoms with Crippen molar-refractivity contribution in [1.29, 1.82) is 0 Å². The number of carbonyl (C=O) groups is 1. The van der Waals surface area contributed by atoms with E-state index in [1.165, 1.54) is 24.4 Å². The van der Waals surface area contributed by atoms with Gasteiger partial charge in [0, 0.05) is 23.3 Å². The van der Waals surface area contributed by atoms with Gasteiger partial charge in [-0.25, -0.2) is 5.43 Å². The number of hydrogen-bond donors (Lipinski definition) is 2. The monoisotopic (exact) mass is 365 g/mol. The molecule has 136 valence electrons. The van der Waals surface area contributed by atoms with E-state index in [9.17, 15) is 14.9 Å². The number of nitrogens with one attached hydrogen (secondary N) is 2. The third kappa shape index (κ3) is 4.15. The predicted molar refractivity (Wildman–Crippen MR) is 98.7 cm³/mol. The molecule has 1 heterocycles. The molecule has 3 rings (SSSR count). The number of para-hydroxylation sites is 1. The van der Waals surface area contributed by atoms with Crippen molar-refractivity contribution in [3.8, 4) is 17.0 Å². The van der Waals surface area contributed by atoms with Gasteiger partial charge >= 0.3 is 0 Å². The average molecular weight is 365 g/mol. The van der Waals surface area contributed by atoms with E-state index < -0.39 is 10.8 Å². The lowest BCUT2D eigenvalue weighted by atomic mass is 10.1. The van der Waals surface area contributed by atoms with Gasteiger partial charge in [-0.3, -0.25) is 20.0 Å². The minimum Gasteiger partial charge on any atom is -0.496 e. The van der Waals surface area contributed by atoms with Crippen LogP contribution in [0.1, 0.15) is 16.1 Å². The third-order valence-electron chi connectivity index (χ3n) is 3.68. The van der Waals surface area contributed by atoms with Gasteiger partial charge in [0.25, 0.3) is 11.6 Å². The highest BCUT2D eigenvalue weighted by Gasteiger charge is 2.13. The van der Waals surface area contributed by atoms with Crippen LogP contribution >= 0.6 is 0 Å². The zero-order valence-electron chi connectivity index (χ0n) is 14.2. The third-order valence-corrected chi connectivity index (χ3v) is 3.68. The Hall–Kier alpha value is -4.01. The van der Waals surface area contributed by atoms with Crippen LogP contribution in [0.2, 0.25) is 0 Å². The highest BCUT2D eigenvalue weighted by atomic mass is 16.6. The molecule has 0 aliphatic carbocycles. The van der Waals surface area contributed by atoms with Crippen molar-refractivity contribution in [1.82, 2.24) is 15.6 Å². The van der Waals surface area contributed by atoms with E-state index in [0.717, 1.165) is 0 Å². The fraction of sp³-hybridized carbons (Fsp3) is 0.0556. The van der Waals surface area contributed by atoms with E-state index in [4.69, 9.17) is 4.74 Å². The first-order chi connectivity index (χ1) is 13.1. The quantitative estimate of drug-likeness (QED) is 0.395. The SMILES string of the molecule is COc1ccccc1C=NNC(=O)c1cc(-c2cccc([N+](=O)[O-])c2)n[nH]1. The van der Waals surface area contributed by atoms with E-state index in [-0.39, 0.29) is 11.4 Å². The molecule has 0 atom stereocenters. The number of nitro groups is 1. The first kappa shape index (κ1) is 17.8. The van der Waals surface area contributed by atoms with E-state index in [0.29, 0.717) is 22.6 Å². The molecule has 0 bridgehead atoms. The van der Waals surface area contributed by atoms with Crippen LogP contribution in [-0.4, -0.2) is 34.4 Å². The van der Waals surface area contributed by atoms with Crippen molar-refractivity contribution in [2.75, 3.05) is 7.11 Å². The van der Waals surface area contributed by atoms with E-state index in [1.807, 2.05) is 12.1 Å². The molecule has 0 unspecified atom stereocenters. The molecule has 2 N–H and O–H groups in total. The molecule has 0 fully saturated rings. The summed E-state index contributed by atoms with van der Waals surface area (Å²) in [6.07, 6.45) is 1.47. The van der Waals surface area contributed by atoms with Gasteiger partial charge < -0.3 is 4.74 Å². The number of non-ortho nitro benzene ring substituents is 1. The number of nitro benzene ring substituents is 1. The first-order valence-corrected chi connectivity index (χ1v) is 7.85. The van der Waals surface area contributed by atoms with Gasteiger partial charge in [-0.2, -0.15) is 10.2 Å². The number of aromatic amines is 1. The van der Waals surface area contributed by atoms with Crippen LogP contribution in [-0.2, 0) is 0 Å². The number of methoxy groups -OCH3 is 1. The molecule has 9 heteroatoms. The molecule has 0 aliphatic heterocycles. The van der Waals surface area contributed by atoms with Gasteiger partial charge in [-0.05, 0) is 18.2 Å². The molecule has 0 saturated carbocycles. The Kier molecular flexibility index (Phi) is 5.22. The summed E-state index contributed by atoms with van der Waals surface area (Å²) in [5.74, 6) is 0.135. The topological polar surface area (TPSA) is 123 Å². The Balaban J connectivity index is 1.71. The maximum Gasteiger partial charge on any atom is 0.289 e. The Morgan fingerprint density at radius 2 is 2.07 bits per heavy atom. The summed E-state index contributed by atoms with van der Waals surface area (Å²) in [6, 6.07) is 14.7. The summed E-state index contributed by atoms with van der Waals surface area (Å²) in [5, 5.41) is 21.4. The lowest BCUT2D eigenvalue weighted by Crippen LogP contribution is -2.18. The lowest BCUT2D eigenvalue weighted by molar-refractivity contribution is -0.384. The molecule has 1 amide bonds. The zero-order chi connectivity index (χ0) is 19.2. The fourth-order valence-corrected chi connectivity index (χ4v) is 2.36. The zero-order valence-corrected chi connectivity index (χ0v) is 14.2. The standard InChI is InChI=1S/C18H15N5O4/c1-27-17-8-3-2-5-13(17)11-19-22-18(24)16-10-15(20-21-16)12-6-4-7-14(9-12)23(25)26/h2-11H,1H3,(H,20,21)(H,22,24). The summed E-state index contributed by atoms with van der Waals surface area (Å²) < 4.78 is 5.20. The lowest BCUT2D eigenvalue weighted by Gasteiger charge is -2.02. The molecule has 0 radical (unpaired) electrons. The summed E-state index contributed by atoms with van der Waals surface area (Å²) in [6.45, 7) is 0. The van der Waals surface area contributed by atoms with Crippen LogP contribution in [0, 0.1) is 10.1 Å². The van der Waals surface area contributed by atoms with Gasteiger partial charge in [0.05, 0.1) is 23.9 Å². The number of nitrogens with zero attached hydrogens (tertiary/aromatic N) is 3. The number of carbonyl (C=O) groups excluding carboxylic acids is 1. The molecule has 0 aliphatic rings. The molecule has 1 aromatic heterocycles. The van der Waals surface area contributed by atoms with E-state index >= 15 is 0 Å². The number of H-pyrrole nitrogens is 1. The van der Waals surface area contributed by atoms with Crippen LogP contribution in [0.25, 0.3) is 11.3 Å². The number of aromatic nitrogens is 2. The van der Waals surface area contributed by atoms with E-state index in [2.05, 4.69) is 20.7 Å². The van der Waals surface area contributed by atoms with Gasteiger partial charge in [0.15, 0.2) is 0 Å². The number of ether oxygens (including phenoxy) is 1. The molecule has 2 aromatic carbocycles. The van der Waals surface area contributed by atoms with Crippen LogP contribution in [0.5, 0.6) is 5.75 Å². The smallest absolute Gasteiger partial charge is 0.289 e. The van der Waals surface area contributed by atoms with Crippen molar-refractivity contribution in [2.45, 2.75) is 0 Å². The fourth-order valence-electron chi connectivity index (χ4n) is 2.36. The molecular weight excluding hydrogens is 350 g/mol. The van der Waals surface area contributed by atoms with Gasteiger partial charge in [0.1, 0.15) is 11.4 Å². The minimum atomic E-state index is -0.495. The predicted octanol–water partition coefficient (Wildman–Crippen LogP) is 2.76. The largest absolute Gasteiger partial charge is 0.496 e. The Morgan fingerprint density at radius 3 is 2.85 bits per heavy atom. The molecule has 27 heavy (non-hydrogen) atoms. The van der Waals surface area contributed by atoms with Gasteiger partial charge in [0.2, 0.25) is 0 Å².